The van der Waals surface area contributed by atoms with Crippen LogP contribution in [-0.2, 0) is 24.2 Å². The van der Waals surface area contributed by atoms with Gasteiger partial charge < -0.3 is 9.67 Å². The van der Waals surface area contributed by atoms with Gasteiger partial charge in [0.1, 0.15) is 5.82 Å². The van der Waals surface area contributed by atoms with Crippen LogP contribution in [0.1, 0.15) is 48.1 Å². The fourth-order valence-electron chi connectivity index (χ4n) is 4.62. The Morgan fingerprint density at radius 2 is 1.88 bits per heavy atom. The van der Waals surface area contributed by atoms with E-state index in [1.807, 2.05) is 46.3 Å². The summed E-state index contributed by atoms with van der Waals surface area (Å²) in [6.07, 6.45) is 5.51. The molecular weight excluding hydrogens is 544 g/mol. The molecule has 0 saturated carbocycles. The smallest absolute Gasteiger partial charge is 0.331 e. The number of imidazole rings is 1. The van der Waals surface area contributed by atoms with Crippen LogP contribution in [0, 0.1) is 0 Å². The summed E-state index contributed by atoms with van der Waals surface area (Å²) in [6, 6.07) is 20.2. The van der Waals surface area contributed by atoms with Gasteiger partial charge in [0.25, 0.3) is 0 Å². The molecular formula is C30H29ClN6O2S. The van der Waals surface area contributed by atoms with Crippen LogP contribution in [0.3, 0.4) is 0 Å². The van der Waals surface area contributed by atoms with Gasteiger partial charge in [-0.15, -0.1) is 21.5 Å². The number of halogens is 1. The monoisotopic (exact) mass is 572 g/mol. The molecule has 2 aromatic carbocycles. The molecule has 5 aromatic rings. The lowest BCUT2D eigenvalue weighted by molar-refractivity contribution is -0.132. The van der Waals surface area contributed by atoms with E-state index in [1.165, 1.54) is 0 Å². The third-order valence-electron chi connectivity index (χ3n) is 6.72. The Labute approximate surface area is 241 Å². The Hall–Kier alpha value is -4.08. The first-order chi connectivity index (χ1) is 19.5. The van der Waals surface area contributed by atoms with Crippen molar-refractivity contribution in [3.05, 3.63) is 98.7 Å². The minimum Gasteiger partial charge on any atom is -0.478 e. The molecule has 0 unspecified atom stereocenters. The predicted molar refractivity (Wildman–Crippen MR) is 158 cm³/mol. The Balaban J connectivity index is 1.45. The van der Waals surface area contributed by atoms with E-state index >= 15 is 0 Å². The van der Waals surface area contributed by atoms with Crippen LogP contribution in [0.15, 0.2) is 71.6 Å². The van der Waals surface area contributed by atoms with Gasteiger partial charge in [-0.3, -0.25) is 0 Å². The van der Waals surface area contributed by atoms with Crippen molar-refractivity contribution in [2.75, 3.05) is 0 Å². The van der Waals surface area contributed by atoms with Crippen LogP contribution in [0.5, 0.6) is 0 Å². The second-order valence-electron chi connectivity index (χ2n) is 9.43. The highest BCUT2D eigenvalue weighted by Gasteiger charge is 2.18. The van der Waals surface area contributed by atoms with Crippen LogP contribution in [0.2, 0.25) is 5.15 Å². The minimum atomic E-state index is -0.944. The molecule has 0 aliphatic rings. The summed E-state index contributed by atoms with van der Waals surface area (Å²) < 4.78 is 2.05. The van der Waals surface area contributed by atoms with Gasteiger partial charge in [0.05, 0.1) is 5.69 Å². The van der Waals surface area contributed by atoms with E-state index in [0.29, 0.717) is 41.6 Å². The van der Waals surface area contributed by atoms with Crippen molar-refractivity contribution in [3.8, 4) is 22.5 Å². The zero-order valence-electron chi connectivity index (χ0n) is 22.0. The highest BCUT2D eigenvalue weighted by atomic mass is 35.5. The lowest BCUT2D eigenvalue weighted by Crippen LogP contribution is -2.09. The molecule has 3 heterocycles. The Morgan fingerprint density at radius 3 is 2.55 bits per heavy atom. The molecule has 40 heavy (non-hydrogen) atoms. The maximum absolute atomic E-state index is 12.2. The van der Waals surface area contributed by atoms with E-state index in [4.69, 9.17) is 11.6 Å². The number of H-pyrrole nitrogens is 1. The second kappa shape index (κ2) is 12.8. The molecule has 0 amide bonds. The molecule has 0 fully saturated rings. The summed E-state index contributed by atoms with van der Waals surface area (Å²) in [4.78, 5) is 17.9. The first-order valence-electron chi connectivity index (χ1n) is 13.2. The van der Waals surface area contributed by atoms with E-state index < -0.39 is 5.97 Å². The number of carbonyl (C=O) groups is 1. The highest BCUT2D eigenvalue weighted by molar-refractivity contribution is 7.09. The quantitative estimate of drug-likeness (QED) is 0.157. The Morgan fingerprint density at radius 1 is 1.07 bits per heavy atom. The summed E-state index contributed by atoms with van der Waals surface area (Å²) >= 11 is 8.26. The largest absolute Gasteiger partial charge is 0.478 e. The fourth-order valence-corrected chi connectivity index (χ4v) is 5.58. The van der Waals surface area contributed by atoms with E-state index in [9.17, 15) is 9.90 Å². The van der Waals surface area contributed by atoms with Gasteiger partial charge in [-0.25, -0.2) is 9.78 Å². The summed E-state index contributed by atoms with van der Waals surface area (Å²) in [5, 5.41) is 26.8. The number of hydrogen-bond acceptors (Lipinski definition) is 6. The number of nitrogens with zero attached hydrogens (tertiary/aromatic N) is 5. The zero-order chi connectivity index (χ0) is 27.9. The van der Waals surface area contributed by atoms with Gasteiger partial charge in [0, 0.05) is 29.0 Å². The van der Waals surface area contributed by atoms with Gasteiger partial charge in [0.2, 0.25) is 5.82 Å². The zero-order valence-corrected chi connectivity index (χ0v) is 23.6. The van der Waals surface area contributed by atoms with E-state index in [1.54, 1.807) is 17.4 Å². The Bertz CT molecular complexity index is 1590. The standard InChI is InChI=1S/C30H29ClN6O2S/c1-2-3-10-27-32-28(31)26(18-22(30(38)39)15-16-23-7-6-17-40-23)37(27)19-20-11-13-21(14-12-20)24-8-4-5-9-25(24)29-33-35-36-34-29/h4-9,11-14,17-18H,2-3,10,15-16,19H2,1H3,(H,38,39)(H,33,34,35,36)/b22-18+. The van der Waals surface area contributed by atoms with Gasteiger partial charge >= 0.3 is 5.97 Å². The fraction of sp³-hybridized carbons (Fsp3) is 0.233. The maximum Gasteiger partial charge on any atom is 0.331 e. The first-order valence-corrected chi connectivity index (χ1v) is 14.4. The molecule has 10 heteroatoms. The third-order valence-corrected chi connectivity index (χ3v) is 7.93. The number of unbranched alkanes of at least 4 members (excludes halogenated alkanes) is 1. The van der Waals surface area contributed by atoms with E-state index in [2.05, 4.69) is 56.8 Å². The van der Waals surface area contributed by atoms with E-state index in [0.717, 1.165) is 52.2 Å². The molecule has 204 valence electrons. The summed E-state index contributed by atoms with van der Waals surface area (Å²) in [6.45, 7) is 2.66. The number of rotatable bonds is 12. The van der Waals surface area contributed by atoms with Crippen molar-refractivity contribution in [1.29, 1.82) is 0 Å². The van der Waals surface area contributed by atoms with Gasteiger partial charge in [-0.1, -0.05) is 79.5 Å². The molecule has 0 radical (unpaired) electrons. The van der Waals surface area contributed by atoms with Crippen molar-refractivity contribution < 1.29 is 9.90 Å². The van der Waals surface area contributed by atoms with Crippen LogP contribution < -0.4 is 0 Å². The summed E-state index contributed by atoms with van der Waals surface area (Å²) in [5.74, 6) is 0.450. The first kappa shape index (κ1) is 27.5. The number of hydrogen-bond donors (Lipinski definition) is 2. The van der Waals surface area contributed by atoms with Crippen molar-refractivity contribution in [2.45, 2.75) is 45.6 Å². The molecule has 3 aromatic heterocycles. The third kappa shape index (κ3) is 6.38. The SMILES string of the molecule is CCCCc1nc(Cl)c(/C=C(\CCc2cccs2)C(=O)O)n1Cc1ccc(-c2ccccc2-c2nn[nH]n2)cc1. The maximum atomic E-state index is 12.2. The summed E-state index contributed by atoms with van der Waals surface area (Å²) in [7, 11) is 0. The molecule has 0 aliphatic heterocycles. The number of nitrogens with one attached hydrogen (secondary N) is 1. The van der Waals surface area contributed by atoms with Crippen molar-refractivity contribution in [1.82, 2.24) is 30.2 Å². The average molecular weight is 573 g/mol. The number of aliphatic carboxylic acids is 1. The molecule has 0 aliphatic carbocycles. The number of tetrazole rings is 1. The molecule has 5 rings (SSSR count). The number of thiophene rings is 1. The Kier molecular flexibility index (Phi) is 8.83. The molecule has 8 nitrogen and oxygen atoms in total. The topological polar surface area (TPSA) is 110 Å². The normalized spacial score (nSPS) is 11.7. The molecule has 2 N–H and O–H groups in total. The van der Waals surface area contributed by atoms with Gasteiger partial charge in [-0.05, 0) is 58.7 Å². The number of aryl methyl sites for hydroxylation is 2. The van der Waals surface area contributed by atoms with Gasteiger partial charge in [0.15, 0.2) is 5.15 Å². The van der Waals surface area contributed by atoms with Crippen molar-refractivity contribution in [2.24, 2.45) is 0 Å². The lowest BCUT2D eigenvalue weighted by atomic mass is 9.98. The number of carboxylic acid groups (broad SMARTS) is 1. The van der Waals surface area contributed by atoms with Crippen LogP contribution in [0.25, 0.3) is 28.6 Å². The number of carboxylic acids is 1. The number of aromatic nitrogens is 6. The number of aromatic amines is 1. The van der Waals surface area contributed by atoms with Crippen molar-refractivity contribution >= 4 is 35.0 Å². The van der Waals surface area contributed by atoms with Crippen LogP contribution in [-0.4, -0.2) is 41.3 Å². The minimum absolute atomic E-state index is 0.312. The lowest BCUT2D eigenvalue weighted by Gasteiger charge is -2.13. The average Bonchev–Trinajstić information content (AvgIpc) is 3.74. The highest BCUT2D eigenvalue weighted by Crippen LogP contribution is 2.30. The van der Waals surface area contributed by atoms with Crippen LogP contribution in [0.4, 0.5) is 0 Å². The van der Waals surface area contributed by atoms with Crippen LogP contribution >= 0.6 is 22.9 Å². The molecule has 0 spiro atoms. The van der Waals surface area contributed by atoms with E-state index in [-0.39, 0.29) is 0 Å². The number of benzene rings is 2. The summed E-state index contributed by atoms with van der Waals surface area (Å²) in [5.41, 5.74) is 4.92. The molecule has 0 saturated heterocycles. The van der Waals surface area contributed by atoms with Gasteiger partial charge in [-0.2, -0.15) is 5.21 Å². The molecule has 0 bridgehead atoms. The second-order valence-corrected chi connectivity index (χ2v) is 10.8. The van der Waals surface area contributed by atoms with Crippen molar-refractivity contribution in [3.63, 3.8) is 0 Å². The molecule has 0 atom stereocenters. The predicted octanol–water partition coefficient (Wildman–Crippen LogP) is 6.94.